The van der Waals surface area contributed by atoms with Gasteiger partial charge in [0.15, 0.2) is 11.5 Å². The molecular weight excluding hydrogens is 370 g/mol. The SMILES string of the molecule is CCCC(NC(=O)OCCCCn1cnc2c(N)nc(N)nc21)c1ccccc1. The van der Waals surface area contributed by atoms with Crippen molar-refractivity contribution in [1.29, 1.82) is 0 Å². The predicted octanol–water partition coefficient (Wildman–Crippen LogP) is 3.04. The second kappa shape index (κ2) is 9.72. The number of carbonyl (C=O) groups is 1. The van der Waals surface area contributed by atoms with Gasteiger partial charge in [0, 0.05) is 6.54 Å². The number of ether oxygens (including phenoxy) is 1. The molecule has 0 aliphatic heterocycles. The van der Waals surface area contributed by atoms with Gasteiger partial charge in [-0.1, -0.05) is 43.7 Å². The van der Waals surface area contributed by atoms with Gasteiger partial charge in [-0.2, -0.15) is 9.97 Å². The van der Waals surface area contributed by atoms with Crippen molar-refractivity contribution in [2.75, 3.05) is 18.1 Å². The lowest BCUT2D eigenvalue weighted by Gasteiger charge is -2.18. The van der Waals surface area contributed by atoms with Crippen molar-refractivity contribution in [2.45, 2.75) is 45.2 Å². The van der Waals surface area contributed by atoms with Crippen molar-refractivity contribution < 1.29 is 9.53 Å². The average Bonchev–Trinajstić information content (AvgIpc) is 3.11. The van der Waals surface area contributed by atoms with Crippen LogP contribution in [0.2, 0.25) is 0 Å². The number of aryl methyl sites for hydroxylation is 1. The molecule has 1 amide bonds. The van der Waals surface area contributed by atoms with Gasteiger partial charge in [-0.3, -0.25) is 0 Å². The van der Waals surface area contributed by atoms with E-state index < -0.39 is 6.09 Å². The number of amides is 1. The number of fused-ring (bicyclic) bond motifs is 1. The van der Waals surface area contributed by atoms with Crippen LogP contribution in [0.5, 0.6) is 0 Å². The van der Waals surface area contributed by atoms with Gasteiger partial charge in [-0.25, -0.2) is 9.78 Å². The number of anilines is 2. The zero-order valence-electron chi connectivity index (χ0n) is 16.5. The number of nitrogens with two attached hydrogens (primary N) is 2. The maximum absolute atomic E-state index is 12.1. The smallest absolute Gasteiger partial charge is 0.407 e. The van der Waals surface area contributed by atoms with Crippen LogP contribution in [0.1, 0.15) is 44.2 Å². The first-order valence-corrected chi connectivity index (χ1v) is 9.80. The van der Waals surface area contributed by atoms with Crippen LogP contribution in [-0.2, 0) is 11.3 Å². The lowest BCUT2D eigenvalue weighted by Crippen LogP contribution is -2.29. The average molecular weight is 397 g/mol. The molecule has 2 aromatic heterocycles. The minimum absolute atomic E-state index is 0.0402. The van der Waals surface area contributed by atoms with E-state index in [4.69, 9.17) is 16.2 Å². The van der Waals surface area contributed by atoms with Crippen molar-refractivity contribution in [1.82, 2.24) is 24.8 Å². The number of nitrogen functional groups attached to an aromatic ring is 2. The Morgan fingerprint density at radius 3 is 2.76 bits per heavy atom. The van der Waals surface area contributed by atoms with Crippen molar-refractivity contribution in [2.24, 2.45) is 0 Å². The van der Waals surface area contributed by atoms with Gasteiger partial charge < -0.3 is 26.1 Å². The molecule has 0 radical (unpaired) electrons. The standard InChI is InChI=1S/C20H27N7O2/c1-2-8-15(14-9-4-3-5-10-14)24-20(28)29-12-7-6-11-27-13-23-16-17(21)25-19(22)26-18(16)27/h3-5,9-10,13,15H,2,6-8,11-12H2,1H3,(H,24,28)(H4,21,22,25,26). The predicted molar refractivity (Wildman–Crippen MR) is 112 cm³/mol. The van der Waals surface area contributed by atoms with Gasteiger partial charge in [0.05, 0.1) is 19.0 Å². The number of imidazole rings is 1. The number of unbranched alkanes of at least 4 members (excludes halogenated alkanes) is 1. The fraction of sp³-hybridized carbons (Fsp3) is 0.400. The molecule has 0 aliphatic rings. The largest absolute Gasteiger partial charge is 0.450 e. The third-order valence-electron chi connectivity index (χ3n) is 4.61. The Morgan fingerprint density at radius 2 is 2.00 bits per heavy atom. The molecular formula is C20H27N7O2. The Balaban J connectivity index is 1.44. The Labute approximate surface area is 169 Å². The van der Waals surface area contributed by atoms with Crippen molar-refractivity contribution in [3.63, 3.8) is 0 Å². The van der Waals surface area contributed by atoms with Gasteiger partial charge in [0.1, 0.15) is 5.52 Å². The fourth-order valence-electron chi connectivity index (χ4n) is 3.18. The second-order valence-electron chi connectivity index (χ2n) is 6.82. The van der Waals surface area contributed by atoms with Crippen LogP contribution >= 0.6 is 0 Å². The molecule has 0 saturated carbocycles. The van der Waals surface area contributed by atoms with E-state index in [2.05, 4.69) is 27.2 Å². The van der Waals surface area contributed by atoms with Crippen LogP contribution < -0.4 is 16.8 Å². The summed E-state index contributed by atoms with van der Waals surface area (Å²) in [6, 6.07) is 9.89. The van der Waals surface area contributed by atoms with Crippen molar-refractivity contribution >= 4 is 29.0 Å². The molecule has 1 aromatic carbocycles. The molecule has 9 nitrogen and oxygen atoms in total. The summed E-state index contributed by atoms with van der Waals surface area (Å²) in [5.41, 5.74) is 13.7. The molecule has 3 aromatic rings. The highest BCUT2D eigenvalue weighted by atomic mass is 16.5. The quantitative estimate of drug-likeness (QED) is 0.472. The monoisotopic (exact) mass is 397 g/mol. The summed E-state index contributed by atoms with van der Waals surface area (Å²) >= 11 is 0. The third kappa shape index (κ3) is 5.34. The van der Waals surface area contributed by atoms with Gasteiger partial charge in [0.25, 0.3) is 0 Å². The maximum atomic E-state index is 12.1. The molecule has 1 atom stereocenters. The fourth-order valence-corrected chi connectivity index (χ4v) is 3.18. The summed E-state index contributed by atoms with van der Waals surface area (Å²) in [7, 11) is 0. The molecule has 154 valence electrons. The van der Waals surface area contributed by atoms with Gasteiger partial charge in [-0.15, -0.1) is 0 Å². The van der Waals surface area contributed by atoms with Gasteiger partial charge >= 0.3 is 6.09 Å². The van der Waals surface area contributed by atoms with E-state index >= 15 is 0 Å². The maximum Gasteiger partial charge on any atom is 0.407 e. The summed E-state index contributed by atoms with van der Waals surface area (Å²) in [6.07, 6.45) is 4.61. The van der Waals surface area contributed by atoms with E-state index in [1.165, 1.54) is 0 Å². The topological polar surface area (TPSA) is 134 Å². The molecule has 0 fully saturated rings. The second-order valence-corrected chi connectivity index (χ2v) is 6.82. The minimum atomic E-state index is -0.395. The number of hydrogen-bond donors (Lipinski definition) is 3. The molecule has 0 spiro atoms. The van der Waals surface area contributed by atoms with Crippen LogP contribution in [0.4, 0.5) is 16.6 Å². The molecule has 3 rings (SSSR count). The first-order chi connectivity index (χ1) is 14.1. The molecule has 1 unspecified atom stereocenters. The summed E-state index contributed by atoms with van der Waals surface area (Å²) in [5.74, 6) is 0.392. The van der Waals surface area contributed by atoms with Crippen LogP contribution in [0.25, 0.3) is 11.2 Å². The van der Waals surface area contributed by atoms with Crippen molar-refractivity contribution in [3.05, 3.63) is 42.2 Å². The number of nitrogens with zero attached hydrogens (tertiary/aromatic N) is 4. The molecule has 0 bridgehead atoms. The van der Waals surface area contributed by atoms with Crippen LogP contribution in [-0.4, -0.2) is 32.2 Å². The number of rotatable bonds is 9. The normalized spacial score (nSPS) is 12.0. The lowest BCUT2D eigenvalue weighted by molar-refractivity contribution is 0.139. The Morgan fingerprint density at radius 1 is 1.21 bits per heavy atom. The molecule has 0 aliphatic carbocycles. The van der Waals surface area contributed by atoms with Crippen LogP contribution in [0.3, 0.4) is 0 Å². The third-order valence-corrected chi connectivity index (χ3v) is 4.61. The van der Waals surface area contributed by atoms with Gasteiger partial charge in [0.2, 0.25) is 5.95 Å². The number of alkyl carbamates (subject to hydrolysis) is 1. The lowest BCUT2D eigenvalue weighted by atomic mass is 10.0. The van der Waals surface area contributed by atoms with E-state index in [0.717, 1.165) is 24.8 Å². The number of nitrogens with one attached hydrogen (secondary N) is 1. The highest BCUT2D eigenvalue weighted by Gasteiger charge is 2.14. The number of carbonyl (C=O) groups excluding carboxylic acids is 1. The van der Waals surface area contributed by atoms with E-state index in [1.807, 2.05) is 34.9 Å². The summed E-state index contributed by atoms with van der Waals surface area (Å²) in [4.78, 5) is 24.5. The molecule has 5 N–H and O–H groups in total. The van der Waals surface area contributed by atoms with E-state index in [-0.39, 0.29) is 17.8 Å². The first-order valence-electron chi connectivity index (χ1n) is 9.80. The molecule has 9 heteroatoms. The van der Waals surface area contributed by atoms with Crippen LogP contribution in [0, 0.1) is 0 Å². The van der Waals surface area contributed by atoms with E-state index in [1.54, 1.807) is 6.33 Å². The number of aromatic nitrogens is 4. The Kier molecular flexibility index (Phi) is 6.83. The van der Waals surface area contributed by atoms with E-state index in [0.29, 0.717) is 30.7 Å². The van der Waals surface area contributed by atoms with Crippen molar-refractivity contribution in [3.8, 4) is 0 Å². The number of benzene rings is 1. The summed E-state index contributed by atoms with van der Waals surface area (Å²) < 4.78 is 7.22. The zero-order valence-corrected chi connectivity index (χ0v) is 16.5. The van der Waals surface area contributed by atoms with Crippen LogP contribution in [0.15, 0.2) is 36.7 Å². The Bertz CT molecular complexity index is 943. The highest BCUT2D eigenvalue weighted by Crippen LogP contribution is 2.19. The highest BCUT2D eigenvalue weighted by molar-refractivity contribution is 5.82. The summed E-state index contributed by atoms with van der Waals surface area (Å²) in [5, 5.41) is 2.95. The molecule has 2 heterocycles. The first kappa shape index (κ1) is 20.4. The zero-order chi connectivity index (χ0) is 20.6. The van der Waals surface area contributed by atoms with Gasteiger partial charge in [-0.05, 0) is 24.8 Å². The minimum Gasteiger partial charge on any atom is -0.450 e. The van der Waals surface area contributed by atoms with E-state index in [9.17, 15) is 4.79 Å². The Hall–Kier alpha value is -3.36. The summed E-state index contributed by atoms with van der Waals surface area (Å²) in [6.45, 7) is 3.10. The molecule has 0 saturated heterocycles. The molecule has 29 heavy (non-hydrogen) atoms. The number of hydrogen-bond acceptors (Lipinski definition) is 7.